The van der Waals surface area contributed by atoms with Gasteiger partial charge in [-0.15, -0.1) is 0 Å². The summed E-state index contributed by atoms with van der Waals surface area (Å²) in [5.74, 6) is 1.50. The van der Waals surface area contributed by atoms with Gasteiger partial charge < -0.3 is 24.8 Å². The van der Waals surface area contributed by atoms with Gasteiger partial charge in [0.2, 0.25) is 0 Å². The van der Waals surface area contributed by atoms with Crippen LogP contribution < -0.4 is 20.1 Å². The number of methoxy groups -OCH3 is 2. The van der Waals surface area contributed by atoms with Gasteiger partial charge in [0.25, 0.3) is 0 Å². The first-order valence-corrected chi connectivity index (χ1v) is 6.62. The Kier molecular flexibility index (Phi) is 3.14. The highest BCUT2D eigenvalue weighted by molar-refractivity contribution is 5.77. The zero-order chi connectivity index (χ0) is 13.3. The molecule has 5 heteroatoms. The van der Waals surface area contributed by atoms with Gasteiger partial charge in [0.05, 0.1) is 31.1 Å². The summed E-state index contributed by atoms with van der Waals surface area (Å²) in [6.45, 7) is 2.55. The lowest BCUT2D eigenvalue weighted by molar-refractivity contribution is 0.0634. The minimum Gasteiger partial charge on any atom is -0.493 e. The molecule has 0 atom stereocenters. The fraction of sp³-hybridized carbons (Fsp3) is 0.571. The van der Waals surface area contributed by atoms with E-state index >= 15 is 0 Å². The summed E-state index contributed by atoms with van der Waals surface area (Å²) < 4.78 is 16.1. The van der Waals surface area contributed by atoms with Crippen molar-refractivity contribution in [2.75, 3.05) is 44.6 Å². The number of hydrogen-bond donors (Lipinski definition) is 2. The summed E-state index contributed by atoms with van der Waals surface area (Å²) in [6.07, 6.45) is 2.04. The Labute approximate surface area is 113 Å². The van der Waals surface area contributed by atoms with E-state index in [0.717, 1.165) is 55.5 Å². The molecule has 3 rings (SSSR count). The average molecular weight is 264 g/mol. The lowest BCUT2D eigenvalue weighted by Gasteiger charge is -2.43. The van der Waals surface area contributed by atoms with Crippen LogP contribution in [0.15, 0.2) is 12.1 Å². The topological polar surface area (TPSA) is 51.8 Å². The molecule has 0 unspecified atom stereocenters. The van der Waals surface area contributed by atoms with Crippen molar-refractivity contribution < 1.29 is 14.2 Å². The smallest absolute Gasteiger partial charge is 0.162 e. The molecule has 0 aliphatic carbocycles. The van der Waals surface area contributed by atoms with Gasteiger partial charge in [-0.05, 0) is 12.8 Å². The molecule has 19 heavy (non-hydrogen) atoms. The van der Waals surface area contributed by atoms with E-state index in [4.69, 9.17) is 14.2 Å². The number of ether oxygens (including phenoxy) is 3. The molecule has 0 radical (unpaired) electrons. The molecule has 2 N–H and O–H groups in total. The van der Waals surface area contributed by atoms with Gasteiger partial charge in [0.15, 0.2) is 11.5 Å². The van der Waals surface area contributed by atoms with E-state index in [-0.39, 0.29) is 5.54 Å². The van der Waals surface area contributed by atoms with Crippen molar-refractivity contribution in [3.63, 3.8) is 0 Å². The molecule has 0 aromatic heterocycles. The van der Waals surface area contributed by atoms with E-state index in [2.05, 4.69) is 10.6 Å². The van der Waals surface area contributed by atoms with Gasteiger partial charge in [-0.3, -0.25) is 0 Å². The van der Waals surface area contributed by atoms with Crippen molar-refractivity contribution in [3.05, 3.63) is 12.1 Å². The first-order valence-electron chi connectivity index (χ1n) is 6.62. The van der Waals surface area contributed by atoms with Gasteiger partial charge in [-0.1, -0.05) is 0 Å². The van der Waals surface area contributed by atoms with Gasteiger partial charge in [0.1, 0.15) is 0 Å². The van der Waals surface area contributed by atoms with Gasteiger partial charge >= 0.3 is 0 Å². The van der Waals surface area contributed by atoms with Gasteiger partial charge in [0, 0.05) is 31.9 Å². The van der Waals surface area contributed by atoms with Crippen LogP contribution in [0.1, 0.15) is 12.8 Å². The Morgan fingerprint density at radius 2 is 1.68 bits per heavy atom. The molecule has 1 spiro atoms. The fourth-order valence-corrected chi connectivity index (χ4v) is 2.79. The van der Waals surface area contributed by atoms with Crippen LogP contribution in [0.4, 0.5) is 11.4 Å². The predicted octanol–water partition coefficient (Wildman–Crippen LogP) is 2.09. The lowest BCUT2D eigenvalue weighted by Crippen LogP contribution is -2.51. The zero-order valence-corrected chi connectivity index (χ0v) is 11.4. The van der Waals surface area contributed by atoms with E-state index in [1.807, 2.05) is 12.1 Å². The van der Waals surface area contributed by atoms with E-state index < -0.39 is 0 Å². The van der Waals surface area contributed by atoms with Crippen LogP contribution in [0.3, 0.4) is 0 Å². The molecule has 1 aromatic rings. The molecule has 5 nitrogen and oxygen atoms in total. The highest BCUT2D eigenvalue weighted by Gasteiger charge is 2.36. The second-order valence-electron chi connectivity index (χ2n) is 5.12. The summed E-state index contributed by atoms with van der Waals surface area (Å²) in [4.78, 5) is 0. The Morgan fingerprint density at radius 3 is 2.32 bits per heavy atom. The summed E-state index contributed by atoms with van der Waals surface area (Å²) >= 11 is 0. The van der Waals surface area contributed by atoms with Gasteiger partial charge in [-0.2, -0.15) is 0 Å². The Balaban J connectivity index is 1.91. The minimum atomic E-state index is 0.102. The van der Waals surface area contributed by atoms with E-state index in [9.17, 15) is 0 Å². The Morgan fingerprint density at radius 1 is 1.05 bits per heavy atom. The highest BCUT2D eigenvalue weighted by Crippen LogP contribution is 2.41. The first-order chi connectivity index (χ1) is 9.26. The third-order valence-corrected chi connectivity index (χ3v) is 3.99. The molecule has 2 aliphatic heterocycles. The fourth-order valence-electron chi connectivity index (χ4n) is 2.79. The molecular weight excluding hydrogens is 244 g/mol. The molecule has 2 aliphatic rings. The summed E-state index contributed by atoms with van der Waals surface area (Å²) in [6, 6.07) is 3.98. The molecule has 1 aromatic carbocycles. The van der Waals surface area contributed by atoms with Crippen LogP contribution in [0, 0.1) is 0 Å². The SMILES string of the molecule is COc1cc2c(cc1OC)NC1(CCOCC1)CN2. The van der Waals surface area contributed by atoms with Crippen LogP contribution in [0.2, 0.25) is 0 Å². The number of fused-ring (bicyclic) bond motifs is 1. The Hall–Kier alpha value is -1.62. The first kappa shape index (κ1) is 12.4. The number of anilines is 2. The average Bonchev–Trinajstić information content (AvgIpc) is 2.46. The number of rotatable bonds is 2. The molecule has 2 heterocycles. The van der Waals surface area contributed by atoms with Crippen molar-refractivity contribution in [3.8, 4) is 11.5 Å². The number of benzene rings is 1. The van der Waals surface area contributed by atoms with Crippen molar-refractivity contribution in [2.45, 2.75) is 18.4 Å². The third kappa shape index (κ3) is 2.18. The van der Waals surface area contributed by atoms with E-state index in [0.29, 0.717) is 0 Å². The van der Waals surface area contributed by atoms with Crippen molar-refractivity contribution in [1.29, 1.82) is 0 Å². The molecule has 0 saturated carbocycles. The van der Waals surface area contributed by atoms with Crippen molar-refractivity contribution >= 4 is 11.4 Å². The number of nitrogens with one attached hydrogen (secondary N) is 2. The lowest BCUT2D eigenvalue weighted by atomic mass is 9.87. The van der Waals surface area contributed by atoms with Crippen LogP contribution in [-0.4, -0.2) is 39.5 Å². The Bertz CT molecular complexity index is 470. The highest BCUT2D eigenvalue weighted by atomic mass is 16.5. The molecule has 1 fully saturated rings. The van der Waals surface area contributed by atoms with Crippen LogP contribution in [0.5, 0.6) is 11.5 Å². The second-order valence-corrected chi connectivity index (χ2v) is 5.12. The van der Waals surface area contributed by atoms with Crippen LogP contribution >= 0.6 is 0 Å². The third-order valence-electron chi connectivity index (χ3n) is 3.99. The maximum Gasteiger partial charge on any atom is 0.162 e. The van der Waals surface area contributed by atoms with E-state index in [1.165, 1.54) is 0 Å². The maximum absolute atomic E-state index is 5.45. The number of hydrogen-bond acceptors (Lipinski definition) is 5. The summed E-state index contributed by atoms with van der Waals surface area (Å²) in [7, 11) is 3.31. The molecule has 0 bridgehead atoms. The largest absolute Gasteiger partial charge is 0.493 e. The van der Waals surface area contributed by atoms with Crippen LogP contribution in [0.25, 0.3) is 0 Å². The molecule has 104 valence electrons. The van der Waals surface area contributed by atoms with Crippen LogP contribution in [-0.2, 0) is 4.74 Å². The quantitative estimate of drug-likeness (QED) is 0.856. The summed E-state index contributed by atoms with van der Waals surface area (Å²) in [5.41, 5.74) is 2.24. The van der Waals surface area contributed by atoms with E-state index in [1.54, 1.807) is 14.2 Å². The van der Waals surface area contributed by atoms with Gasteiger partial charge in [-0.25, -0.2) is 0 Å². The molecule has 0 amide bonds. The zero-order valence-electron chi connectivity index (χ0n) is 11.4. The maximum atomic E-state index is 5.45. The molecular formula is C14H20N2O3. The second kappa shape index (κ2) is 4.81. The van der Waals surface area contributed by atoms with Crippen molar-refractivity contribution in [2.24, 2.45) is 0 Å². The summed E-state index contributed by atoms with van der Waals surface area (Å²) in [5, 5.41) is 7.16. The predicted molar refractivity (Wildman–Crippen MR) is 74.4 cm³/mol. The molecule has 1 saturated heterocycles. The van der Waals surface area contributed by atoms with Crippen molar-refractivity contribution in [1.82, 2.24) is 0 Å². The normalized spacial score (nSPS) is 20.1. The minimum absolute atomic E-state index is 0.102. The standard InChI is InChI=1S/C14H20N2O3/c1-17-12-7-10-11(8-13(12)18-2)16-14(9-15-10)3-5-19-6-4-14/h7-8,15-16H,3-6,9H2,1-2H3. The monoisotopic (exact) mass is 264 g/mol.